The molecule has 2 N–H and O–H groups in total. The number of nitrogens with two attached hydrogens (primary N) is 1. The van der Waals surface area contributed by atoms with Gasteiger partial charge < -0.3 is 15.2 Å². The average Bonchev–Trinajstić information content (AvgIpc) is 3.03. The monoisotopic (exact) mass is 347 g/mol. The molecule has 3 rings (SSSR count). The van der Waals surface area contributed by atoms with Crippen LogP contribution in [-0.2, 0) is 13.0 Å². The van der Waals surface area contributed by atoms with E-state index in [0.29, 0.717) is 17.9 Å². The Morgan fingerprint density at radius 1 is 1.43 bits per heavy atom. The van der Waals surface area contributed by atoms with Gasteiger partial charge in [0, 0.05) is 23.8 Å². The molecule has 0 spiro atoms. The molecule has 1 aliphatic rings. The van der Waals surface area contributed by atoms with E-state index in [0.717, 1.165) is 35.1 Å². The number of anilines is 2. The highest BCUT2D eigenvalue weighted by atomic mass is 79.9. The van der Waals surface area contributed by atoms with Gasteiger partial charge in [-0.1, -0.05) is 19.1 Å². The minimum atomic E-state index is 0.0193. The summed E-state index contributed by atoms with van der Waals surface area (Å²) in [5.74, 6) is 0.0193. The van der Waals surface area contributed by atoms with Crippen molar-refractivity contribution in [3.63, 3.8) is 0 Å². The number of hydrogen-bond acceptors (Lipinski definition) is 2. The number of benzene rings is 1. The van der Waals surface area contributed by atoms with E-state index < -0.39 is 0 Å². The van der Waals surface area contributed by atoms with Crippen molar-refractivity contribution >= 4 is 33.2 Å². The Labute approximate surface area is 132 Å². The Morgan fingerprint density at radius 2 is 2.24 bits per heavy atom. The normalized spacial score (nSPS) is 13.5. The van der Waals surface area contributed by atoms with Crippen molar-refractivity contribution in [2.45, 2.75) is 26.3 Å². The van der Waals surface area contributed by atoms with Gasteiger partial charge in [0.2, 0.25) is 0 Å². The lowest BCUT2D eigenvalue weighted by Gasteiger charge is -2.20. The number of nitrogens with zero attached hydrogens (tertiary/aromatic N) is 2. The van der Waals surface area contributed by atoms with Gasteiger partial charge in [-0.15, -0.1) is 0 Å². The zero-order valence-corrected chi connectivity index (χ0v) is 13.6. The molecule has 1 aliphatic heterocycles. The standard InChI is InChI=1S/C16H18BrN3O/c1-2-7-19-10-12(17)9-14(19)16(21)20-8-6-11-4-3-5-13(18)15(11)20/h3-5,9-10H,2,6-8,18H2,1H3. The molecule has 0 radical (unpaired) electrons. The fourth-order valence-corrected chi connectivity index (χ4v) is 3.37. The van der Waals surface area contributed by atoms with E-state index in [4.69, 9.17) is 5.73 Å². The van der Waals surface area contributed by atoms with Crippen molar-refractivity contribution < 1.29 is 4.79 Å². The van der Waals surface area contributed by atoms with Crippen LogP contribution in [0.3, 0.4) is 0 Å². The third-order valence-corrected chi connectivity index (χ3v) is 4.25. The molecule has 0 aliphatic carbocycles. The van der Waals surface area contributed by atoms with Gasteiger partial charge in [0.1, 0.15) is 5.69 Å². The minimum Gasteiger partial charge on any atom is -0.397 e. The number of aryl methyl sites for hydroxylation is 1. The summed E-state index contributed by atoms with van der Waals surface area (Å²) < 4.78 is 2.93. The Kier molecular flexibility index (Phi) is 3.76. The molecule has 0 saturated carbocycles. The van der Waals surface area contributed by atoms with Crippen LogP contribution >= 0.6 is 15.9 Å². The highest BCUT2D eigenvalue weighted by molar-refractivity contribution is 9.10. The zero-order chi connectivity index (χ0) is 15.0. The maximum absolute atomic E-state index is 12.9. The second-order valence-corrected chi connectivity index (χ2v) is 6.21. The number of carbonyl (C=O) groups excluding carboxylic acids is 1. The Bertz CT molecular complexity index is 693. The van der Waals surface area contributed by atoms with Crippen LogP contribution in [0, 0.1) is 0 Å². The van der Waals surface area contributed by atoms with Crippen molar-refractivity contribution in [1.82, 2.24) is 4.57 Å². The van der Waals surface area contributed by atoms with Crippen LogP contribution in [0.4, 0.5) is 11.4 Å². The first kappa shape index (κ1) is 14.2. The third-order valence-electron chi connectivity index (χ3n) is 3.82. The number of aromatic nitrogens is 1. The number of hydrogen-bond donors (Lipinski definition) is 1. The summed E-state index contributed by atoms with van der Waals surface area (Å²) in [6, 6.07) is 7.72. The lowest BCUT2D eigenvalue weighted by Crippen LogP contribution is -2.31. The largest absolute Gasteiger partial charge is 0.397 e. The summed E-state index contributed by atoms with van der Waals surface area (Å²) in [6.07, 6.45) is 3.81. The summed E-state index contributed by atoms with van der Waals surface area (Å²) in [5, 5.41) is 0. The highest BCUT2D eigenvalue weighted by Crippen LogP contribution is 2.35. The molecule has 2 heterocycles. The molecule has 0 fully saturated rings. The summed E-state index contributed by atoms with van der Waals surface area (Å²) in [6.45, 7) is 3.63. The van der Waals surface area contributed by atoms with Crippen LogP contribution in [0.5, 0.6) is 0 Å². The fourth-order valence-electron chi connectivity index (χ4n) is 2.91. The zero-order valence-electron chi connectivity index (χ0n) is 12.0. The van der Waals surface area contributed by atoms with Crippen molar-refractivity contribution in [3.05, 3.63) is 46.2 Å². The van der Waals surface area contributed by atoms with Crippen LogP contribution in [0.15, 0.2) is 34.9 Å². The average molecular weight is 348 g/mol. The Balaban J connectivity index is 1.98. The van der Waals surface area contributed by atoms with E-state index >= 15 is 0 Å². The second kappa shape index (κ2) is 5.56. The molecule has 0 atom stereocenters. The molecule has 0 unspecified atom stereocenters. The number of rotatable bonds is 3. The predicted molar refractivity (Wildman–Crippen MR) is 88.7 cm³/mol. The first-order valence-corrected chi connectivity index (χ1v) is 7.96. The van der Waals surface area contributed by atoms with E-state index in [2.05, 4.69) is 22.9 Å². The Morgan fingerprint density at radius 3 is 3.00 bits per heavy atom. The number of para-hydroxylation sites is 1. The van der Waals surface area contributed by atoms with Crippen LogP contribution in [0.1, 0.15) is 29.4 Å². The SMILES string of the molecule is CCCn1cc(Br)cc1C(=O)N1CCc2cccc(N)c21. The van der Waals surface area contributed by atoms with Gasteiger partial charge >= 0.3 is 0 Å². The fraction of sp³-hybridized carbons (Fsp3) is 0.312. The number of carbonyl (C=O) groups is 1. The van der Waals surface area contributed by atoms with Crippen LogP contribution in [0.2, 0.25) is 0 Å². The second-order valence-electron chi connectivity index (χ2n) is 5.30. The van der Waals surface area contributed by atoms with Crippen molar-refractivity contribution in [2.75, 3.05) is 17.2 Å². The molecule has 1 amide bonds. The van der Waals surface area contributed by atoms with Gasteiger partial charge in [-0.25, -0.2) is 0 Å². The maximum atomic E-state index is 12.9. The molecule has 110 valence electrons. The summed E-state index contributed by atoms with van der Waals surface area (Å²) in [5.41, 5.74) is 9.48. The van der Waals surface area contributed by atoms with E-state index in [1.165, 1.54) is 0 Å². The summed E-state index contributed by atoms with van der Waals surface area (Å²) in [4.78, 5) is 14.7. The smallest absolute Gasteiger partial charge is 0.275 e. The van der Waals surface area contributed by atoms with Crippen molar-refractivity contribution in [3.8, 4) is 0 Å². The van der Waals surface area contributed by atoms with Gasteiger partial charge in [-0.3, -0.25) is 4.79 Å². The molecule has 21 heavy (non-hydrogen) atoms. The van der Waals surface area contributed by atoms with Crippen LogP contribution in [-0.4, -0.2) is 17.0 Å². The quantitative estimate of drug-likeness (QED) is 0.864. The highest BCUT2D eigenvalue weighted by Gasteiger charge is 2.29. The van der Waals surface area contributed by atoms with Gasteiger partial charge in [-0.2, -0.15) is 0 Å². The minimum absolute atomic E-state index is 0.0193. The van der Waals surface area contributed by atoms with E-state index in [9.17, 15) is 4.79 Å². The van der Waals surface area contributed by atoms with E-state index in [-0.39, 0.29) is 5.91 Å². The lowest BCUT2D eigenvalue weighted by atomic mass is 10.1. The molecular weight excluding hydrogens is 330 g/mol. The van der Waals surface area contributed by atoms with E-state index in [1.807, 2.05) is 35.0 Å². The number of amides is 1. The molecule has 0 bridgehead atoms. The van der Waals surface area contributed by atoms with Gasteiger partial charge in [-0.05, 0) is 46.5 Å². The van der Waals surface area contributed by atoms with Crippen LogP contribution in [0.25, 0.3) is 0 Å². The molecule has 0 saturated heterocycles. The molecule has 1 aromatic heterocycles. The van der Waals surface area contributed by atoms with Crippen molar-refractivity contribution in [1.29, 1.82) is 0 Å². The lowest BCUT2D eigenvalue weighted by molar-refractivity contribution is 0.0980. The first-order chi connectivity index (χ1) is 10.1. The number of nitrogen functional groups attached to an aromatic ring is 1. The molecular formula is C16H18BrN3O. The first-order valence-electron chi connectivity index (χ1n) is 7.16. The maximum Gasteiger partial charge on any atom is 0.275 e. The van der Waals surface area contributed by atoms with Gasteiger partial charge in [0.05, 0.1) is 11.4 Å². The molecule has 1 aromatic carbocycles. The number of fused-ring (bicyclic) bond motifs is 1. The number of halogens is 1. The van der Waals surface area contributed by atoms with Gasteiger partial charge in [0.15, 0.2) is 0 Å². The predicted octanol–water partition coefficient (Wildman–Crippen LogP) is 3.45. The van der Waals surface area contributed by atoms with Crippen molar-refractivity contribution in [2.24, 2.45) is 0 Å². The van der Waals surface area contributed by atoms with E-state index in [1.54, 1.807) is 4.90 Å². The summed E-state index contributed by atoms with van der Waals surface area (Å²) >= 11 is 3.46. The van der Waals surface area contributed by atoms with Crippen LogP contribution < -0.4 is 10.6 Å². The molecule has 4 nitrogen and oxygen atoms in total. The topological polar surface area (TPSA) is 51.3 Å². The molecule has 2 aromatic rings. The third kappa shape index (κ3) is 2.46. The molecule has 5 heteroatoms. The summed E-state index contributed by atoms with van der Waals surface area (Å²) in [7, 11) is 0. The van der Waals surface area contributed by atoms with Gasteiger partial charge in [0.25, 0.3) is 5.91 Å². The Hall–Kier alpha value is -1.75.